The molecule has 1 N–H and O–H groups in total. The van der Waals surface area contributed by atoms with Gasteiger partial charge in [-0.3, -0.25) is 14.9 Å². The molecule has 3 nitrogen and oxygen atoms in total. The lowest BCUT2D eigenvalue weighted by molar-refractivity contribution is -0.124. The van der Waals surface area contributed by atoms with E-state index in [0.717, 1.165) is 0 Å². The SMILES string of the molecule is C#CC1(C2=CC(=O)NC2=O)C=CC=CC1. The summed E-state index contributed by atoms with van der Waals surface area (Å²) in [7, 11) is 0. The van der Waals surface area contributed by atoms with E-state index in [1.54, 1.807) is 12.2 Å². The molecule has 0 aromatic rings. The molecule has 0 bridgehead atoms. The third-order valence-corrected chi connectivity index (χ3v) is 2.56. The highest BCUT2D eigenvalue weighted by atomic mass is 16.2. The molecule has 0 spiro atoms. The molecule has 0 aromatic carbocycles. The first kappa shape index (κ1) is 9.47. The van der Waals surface area contributed by atoms with E-state index in [0.29, 0.717) is 12.0 Å². The number of carbonyl (C=O) groups is 2. The Labute approximate surface area is 87.5 Å². The quantitative estimate of drug-likeness (QED) is 0.499. The second kappa shape index (κ2) is 3.25. The van der Waals surface area contributed by atoms with Crippen molar-refractivity contribution >= 4 is 11.8 Å². The van der Waals surface area contributed by atoms with Gasteiger partial charge in [0.25, 0.3) is 11.8 Å². The van der Waals surface area contributed by atoms with Gasteiger partial charge in [-0.15, -0.1) is 6.42 Å². The van der Waals surface area contributed by atoms with Gasteiger partial charge in [0.2, 0.25) is 0 Å². The lowest BCUT2D eigenvalue weighted by atomic mass is 9.76. The minimum atomic E-state index is -0.759. The number of terminal acetylenes is 1. The zero-order chi connectivity index (χ0) is 10.9. The Morgan fingerprint density at radius 2 is 2.20 bits per heavy atom. The highest BCUT2D eigenvalue weighted by Crippen LogP contribution is 2.36. The van der Waals surface area contributed by atoms with Crippen LogP contribution >= 0.6 is 0 Å². The van der Waals surface area contributed by atoms with Crippen molar-refractivity contribution in [3.05, 3.63) is 36.0 Å². The zero-order valence-electron chi connectivity index (χ0n) is 7.99. The highest BCUT2D eigenvalue weighted by molar-refractivity contribution is 6.17. The Morgan fingerprint density at radius 1 is 1.40 bits per heavy atom. The maximum absolute atomic E-state index is 11.5. The average Bonchev–Trinajstić information content (AvgIpc) is 2.59. The Balaban J connectivity index is 2.45. The molecule has 0 saturated heterocycles. The first-order valence-corrected chi connectivity index (χ1v) is 4.57. The van der Waals surface area contributed by atoms with Crippen LogP contribution in [-0.2, 0) is 9.59 Å². The van der Waals surface area contributed by atoms with Crippen molar-refractivity contribution in [1.82, 2.24) is 5.32 Å². The van der Waals surface area contributed by atoms with Gasteiger partial charge in [-0.25, -0.2) is 0 Å². The number of carbonyl (C=O) groups excluding carboxylic acids is 2. The molecule has 1 aliphatic carbocycles. The Hall–Kier alpha value is -2.08. The third-order valence-electron chi connectivity index (χ3n) is 2.56. The van der Waals surface area contributed by atoms with E-state index < -0.39 is 17.2 Å². The summed E-state index contributed by atoms with van der Waals surface area (Å²) in [5, 5.41) is 2.20. The van der Waals surface area contributed by atoms with Crippen LogP contribution in [0.25, 0.3) is 0 Å². The summed E-state index contributed by atoms with van der Waals surface area (Å²) in [6, 6.07) is 0. The van der Waals surface area contributed by atoms with Gasteiger partial charge in [0.05, 0.1) is 5.41 Å². The summed E-state index contributed by atoms with van der Waals surface area (Å²) in [6.07, 6.45) is 14.6. The fourth-order valence-corrected chi connectivity index (χ4v) is 1.75. The molecule has 0 fully saturated rings. The number of allylic oxidation sites excluding steroid dienone is 4. The van der Waals surface area contributed by atoms with Gasteiger partial charge in [0, 0.05) is 11.6 Å². The second-order valence-electron chi connectivity index (χ2n) is 3.48. The summed E-state index contributed by atoms with van der Waals surface area (Å²) in [6.45, 7) is 0. The predicted molar refractivity (Wildman–Crippen MR) is 55.4 cm³/mol. The van der Waals surface area contributed by atoms with Crippen LogP contribution in [0.3, 0.4) is 0 Å². The number of hydrogen-bond donors (Lipinski definition) is 1. The van der Waals surface area contributed by atoms with Crippen LogP contribution < -0.4 is 5.32 Å². The minimum absolute atomic E-state index is 0.357. The number of nitrogens with one attached hydrogen (secondary N) is 1. The van der Waals surface area contributed by atoms with E-state index in [1.807, 2.05) is 12.2 Å². The summed E-state index contributed by atoms with van der Waals surface area (Å²) >= 11 is 0. The molecule has 1 atom stereocenters. The predicted octanol–water partition coefficient (Wildman–Crippen LogP) is 0.705. The Bertz CT molecular complexity index is 463. The first-order chi connectivity index (χ1) is 7.18. The lowest BCUT2D eigenvalue weighted by Crippen LogP contribution is -2.29. The lowest BCUT2D eigenvalue weighted by Gasteiger charge is -2.25. The van der Waals surface area contributed by atoms with Gasteiger partial charge in [-0.05, 0) is 6.42 Å². The van der Waals surface area contributed by atoms with Crippen LogP contribution in [0.2, 0.25) is 0 Å². The number of hydrogen-bond acceptors (Lipinski definition) is 2. The number of imide groups is 1. The fourth-order valence-electron chi connectivity index (χ4n) is 1.75. The van der Waals surface area contributed by atoms with Crippen LogP contribution in [-0.4, -0.2) is 11.8 Å². The molecule has 1 unspecified atom stereocenters. The molecule has 2 amide bonds. The van der Waals surface area contributed by atoms with E-state index >= 15 is 0 Å². The van der Waals surface area contributed by atoms with Gasteiger partial charge in [0.15, 0.2) is 0 Å². The van der Waals surface area contributed by atoms with Gasteiger partial charge in [-0.2, -0.15) is 0 Å². The van der Waals surface area contributed by atoms with E-state index in [2.05, 4.69) is 11.2 Å². The van der Waals surface area contributed by atoms with Crippen molar-refractivity contribution in [3.8, 4) is 12.3 Å². The van der Waals surface area contributed by atoms with Crippen molar-refractivity contribution in [2.45, 2.75) is 6.42 Å². The van der Waals surface area contributed by atoms with Crippen LogP contribution in [0.5, 0.6) is 0 Å². The summed E-state index contributed by atoms with van der Waals surface area (Å²) < 4.78 is 0. The largest absolute Gasteiger partial charge is 0.289 e. The van der Waals surface area contributed by atoms with Gasteiger partial charge in [0.1, 0.15) is 0 Å². The normalized spacial score (nSPS) is 28.6. The molecular formula is C12H9NO2. The van der Waals surface area contributed by atoms with Crippen LogP contribution in [0.4, 0.5) is 0 Å². The molecule has 3 heteroatoms. The molecule has 0 saturated carbocycles. The van der Waals surface area contributed by atoms with Gasteiger partial charge >= 0.3 is 0 Å². The van der Waals surface area contributed by atoms with Crippen molar-refractivity contribution < 1.29 is 9.59 Å². The third kappa shape index (κ3) is 1.40. The summed E-state index contributed by atoms with van der Waals surface area (Å²) in [5.74, 6) is 1.80. The average molecular weight is 199 g/mol. The summed E-state index contributed by atoms with van der Waals surface area (Å²) in [5.41, 5.74) is -0.402. The van der Waals surface area contributed by atoms with Gasteiger partial charge in [-0.1, -0.05) is 30.2 Å². The first-order valence-electron chi connectivity index (χ1n) is 4.57. The molecule has 1 aliphatic heterocycles. The van der Waals surface area contributed by atoms with Crippen molar-refractivity contribution in [2.75, 3.05) is 0 Å². The zero-order valence-corrected chi connectivity index (χ0v) is 7.99. The fraction of sp³-hybridized carbons (Fsp3) is 0.167. The summed E-state index contributed by atoms with van der Waals surface area (Å²) in [4.78, 5) is 22.5. The van der Waals surface area contributed by atoms with Crippen LogP contribution in [0.15, 0.2) is 36.0 Å². The Kier molecular flexibility index (Phi) is 2.05. The van der Waals surface area contributed by atoms with Crippen LogP contribution in [0, 0.1) is 17.8 Å². The molecule has 2 aliphatic rings. The van der Waals surface area contributed by atoms with E-state index in [4.69, 9.17) is 6.42 Å². The standard InChI is InChI=1S/C12H9NO2/c1-2-12(6-4-3-5-7-12)9-8-10(14)13-11(9)15/h1,3-6,8H,7H2,(H,13,14,15). The molecule has 0 aromatic heterocycles. The molecular weight excluding hydrogens is 190 g/mol. The highest BCUT2D eigenvalue weighted by Gasteiger charge is 2.37. The van der Waals surface area contributed by atoms with E-state index in [-0.39, 0.29) is 0 Å². The smallest absolute Gasteiger partial charge is 0.256 e. The van der Waals surface area contributed by atoms with Crippen molar-refractivity contribution in [3.63, 3.8) is 0 Å². The molecule has 15 heavy (non-hydrogen) atoms. The minimum Gasteiger partial charge on any atom is -0.289 e. The number of amides is 2. The molecule has 2 rings (SSSR count). The molecule has 0 radical (unpaired) electrons. The topological polar surface area (TPSA) is 46.2 Å². The molecule has 1 heterocycles. The maximum Gasteiger partial charge on any atom is 0.256 e. The Morgan fingerprint density at radius 3 is 2.67 bits per heavy atom. The second-order valence-corrected chi connectivity index (χ2v) is 3.48. The maximum atomic E-state index is 11.5. The number of rotatable bonds is 1. The van der Waals surface area contributed by atoms with Gasteiger partial charge < -0.3 is 0 Å². The van der Waals surface area contributed by atoms with Crippen molar-refractivity contribution in [1.29, 1.82) is 0 Å². The van der Waals surface area contributed by atoms with Crippen molar-refractivity contribution in [2.24, 2.45) is 5.41 Å². The van der Waals surface area contributed by atoms with Crippen LogP contribution in [0.1, 0.15) is 6.42 Å². The monoisotopic (exact) mass is 199 g/mol. The molecule has 74 valence electrons. The van der Waals surface area contributed by atoms with E-state index in [1.165, 1.54) is 6.08 Å². The van der Waals surface area contributed by atoms with E-state index in [9.17, 15) is 9.59 Å².